The average molecular weight is 302 g/mol. The SMILES string of the molecule is CC(C)CNCCCCCCOc1ccc(F)c(Cl)c1. The molecule has 1 aromatic rings. The number of nitrogens with one attached hydrogen (secondary N) is 1. The molecule has 0 amide bonds. The van der Waals surface area contributed by atoms with E-state index in [-0.39, 0.29) is 5.02 Å². The molecule has 0 fully saturated rings. The molecule has 4 heteroatoms. The quantitative estimate of drug-likeness (QED) is 0.634. The Balaban J connectivity index is 1.98. The van der Waals surface area contributed by atoms with Gasteiger partial charge in [0.15, 0.2) is 0 Å². The molecular weight excluding hydrogens is 277 g/mol. The van der Waals surface area contributed by atoms with Crippen LogP contribution in [0.1, 0.15) is 39.5 Å². The predicted molar refractivity (Wildman–Crippen MR) is 83.1 cm³/mol. The van der Waals surface area contributed by atoms with E-state index >= 15 is 0 Å². The maximum atomic E-state index is 12.9. The minimum atomic E-state index is -0.409. The highest BCUT2D eigenvalue weighted by Crippen LogP contribution is 2.21. The van der Waals surface area contributed by atoms with Gasteiger partial charge < -0.3 is 10.1 Å². The smallest absolute Gasteiger partial charge is 0.142 e. The van der Waals surface area contributed by atoms with Gasteiger partial charge in [-0.05, 0) is 44.0 Å². The molecule has 0 aliphatic rings. The Hall–Kier alpha value is -0.800. The molecule has 0 spiro atoms. The summed E-state index contributed by atoms with van der Waals surface area (Å²) in [6, 6.07) is 4.46. The summed E-state index contributed by atoms with van der Waals surface area (Å²) >= 11 is 5.69. The molecule has 20 heavy (non-hydrogen) atoms. The molecule has 0 atom stereocenters. The Bertz CT molecular complexity index is 385. The van der Waals surface area contributed by atoms with Crippen LogP contribution in [0.2, 0.25) is 5.02 Å². The number of halogens is 2. The fourth-order valence-corrected chi connectivity index (χ4v) is 2.02. The van der Waals surface area contributed by atoms with E-state index in [9.17, 15) is 4.39 Å². The highest BCUT2D eigenvalue weighted by atomic mass is 35.5. The molecule has 0 aliphatic carbocycles. The molecule has 114 valence electrons. The molecule has 0 saturated heterocycles. The predicted octanol–water partition coefficient (Wildman–Crippen LogP) is 4.66. The highest BCUT2D eigenvalue weighted by molar-refractivity contribution is 6.30. The normalized spacial score (nSPS) is 11.1. The zero-order valence-corrected chi connectivity index (χ0v) is 13.2. The molecule has 0 bridgehead atoms. The second-order valence-electron chi connectivity index (χ2n) is 5.44. The Morgan fingerprint density at radius 1 is 1.20 bits per heavy atom. The van der Waals surface area contributed by atoms with E-state index in [0.29, 0.717) is 18.3 Å². The van der Waals surface area contributed by atoms with Crippen LogP contribution in [0, 0.1) is 11.7 Å². The number of hydrogen-bond acceptors (Lipinski definition) is 2. The number of rotatable bonds is 10. The zero-order chi connectivity index (χ0) is 14.8. The zero-order valence-electron chi connectivity index (χ0n) is 12.4. The minimum Gasteiger partial charge on any atom is -0.494 e. The number of unbranched alkanes of at least 4 members (excludes halogenated alkanes) is 3. The fourth-order valence-electron chi connectivity index (χ4n) is 1.85. The van der Waals surface area contributed by atoms with Crippen molar-refractivity contribution in [1.29, 1.82) is 0 Å². The molecule has 0 aliphatic heterocycles. The Morgan fingerprint density at radius 3 is 2.65 bits per heavy atom. The maximum absolute atomic E-state index is 12.9. The van der Waals surface area contributed by atoms with Crippen LogP contribution in [-0.2, 0) is 0 Å². The molecule has 0 saturated carbocycles. The largest absolute Gasteiger partial charge is 0.494 e. The highest BCUT2D eigenvalue weighted by Gasteiger charge is 2.01. The first-order valence-corrected chi connectivity index (χ1v) is 7.76. The summed E-state index contributed by atoms with van der Waals surface area (Å²) in [6.07, 6.45) is 4.57. The second kappa shape index (κ2) is 10.0. The van der Waals surface area contributed by atoms with Gasteiger partial charge in [0.1, 0.15) is 11.6 Å². The van der Waals surface area contributed by atoms with Crippen LogP contribution < -0.4 is 10.1 Å². The van der Waals surface area contributed by atoms with Crippen molar-refractivity contribution in [3.63, 3.8) is 0 Å². The molecule has 1 rings (SSSR count). The van der Waals surface area contributed by atoms with Gasteiger partial charge in [-0.2, -0.15) is 0 Å². The van der Waals surface area contributed by atoms with Crippen LogP contribution in [0.3, 0.4) is 0 Å². The summed E-state index contributed by atoms with van der Waals surface area (Å²) < 4.78 is 18.5. The van der Waals surface area contributed by atoms with E-state index in [1.165, 1.54) is 25.0 Å². The van der Waals surface area contributed by atoms with Crippen molar-refractivity contribution in [1.82, 2.24) is 5.32 Å². The summed E-state index contributed by atoms with van der Waals surface area (Å²) in [5.74, 6) is 0.939. The Kier molecular flexibility index (Phi) is 8.63. The third-order valence-electron chi connectivity index (χ3n) is 2.96. The molecule has 0 heterocycles. The number of benzene rings is 1. The first kappa shape index (κ1) is 17.3. The van der Waals surface area contributed by atoms with Crippen LogP contribution in [0.5, 0.6) is 5.75 Å². The molecule has 1 aromatic carbocycles. The van der Waals surface area contributed by atoms with Crippen molar-refractivity contribution in [3.05, 3.63) is 29.0 Å². The summed E-state index contributed by atoms with van der Waals surface area (Å²) in [4.78, 5) is 0. The molecular formula is C16H25ClFNO. The Morgan fingerprint density at radius 2 is 1.95 bits per heavy atom. The topological polar surface area (TPSA) is 21.3 Å². The molecule has 2 nitrogen and oxygen atoms in total. The van der Waals surface area contributed by atoms with Crippen LogP contribution in [0.25, 0.3) is 0 Å². The van der Waals surface area contributed by atoms with Crippen molar-refractivity contribution in [2.45, 2.75) is 39.5 Å². The van der Waals surface area contributed by atoms with Crippen LogP contribution >= 0.6 is 11.6 Å². The Labute approximate surface area is 126 Å². The molecule has 0 radical (unpaired) electrons. The van der Waals surface area contributed by atoms with E-state index in [1.807, 2.05) is 0 Å². The van der Waals surface area contributed by atoms with E-state index in [0.717, 1.165) is 25.9 Å². The lowest BCUT2D eigenvalue weighted by Crippen LogP contribution is -2.20. The summed E-state index contributed by atoms with van der Waals surface area (Å²) in [7, 11) is 0. The molecule has 0 unspecified atom stereocenters. The van der Waals surface area contributed by atoms with Gasteiger partial charge in [0.05, 0.1) is 11.6 Å². The van der Waals surface area contributed by atoms with Gasteiger partial charge in [0, 0.05) is 6.07 Å². The van der Waals surface area contributed by atoms with Crippen molar-refractivity contribution in [2.24, 2.45) is 5.92 Å². The average Bonchev–Trinajstić information content (AvgIpc) is 2.40. The van der Waals surface area contributed by atoms with Gasteiger partial charge in [-0.1, -0.05) is 38.3 Å². The van der Waals surface area contributed by atoms with E-state index < -0.39 is 5.82 Å². The first-order valence-electron chi connectivity index (χ1n) is 7.38. The lowest BCUT2D eigenvalue weighted by molar-refractivity contribution is 0.304. The molecule has 0 aromatic heterocycles. The van der Waals surface area contributed by atoms with Gasteiger partial charge in [-0.25, -0.2) is 4.39 Å². The van der Waals surface area contributed by atoms with Crippen molar-refractivity contribution in [3.8, 4) is 5.75 Å². The van der Waals surface area contributed by atoms with Crippen molar-refractivity contribution >= 4 is 11.6 Å². The maximum Gasteiger partial charge on any atom is 0.142 e. The monoisotopic (exact) mass is 301 g/mol. The van der Waals surface area contributed by atoms with Gasteiger partial charge in [0.2, 0.25) is 0 Å². The first-order chi connectivity index (χ1) is 9.59. The van der Waals surface area contributed by atoms with Crippen molar-refractivity contribution < 1.29 is 9.13 Å². The second-order valence-corrected chi connectivity index (χ2v) is 5.84. The summed E-state index contributed by atoms with van der Waals surface area (Å²) in [5, 5.41) is 3.54. The third-order valence-corrected chi connectivity index (χ3v) is 3.25. The van der Waals surface area contributed by atoms with Crippen LogP contribution in [0.15, 0.2) is 18.2 Å². The fraction of sp³-hybridized carbons (Fsp3) is 0.625. The third kappa shape index (κ3) is 7.71. The lowest BCUT2D eigenvalue weighted by Gasteiger charge is -2.08. The summed E-state index contributed by atoms with van der Waals surface area (Å²) in [6.45, 7) is 7.26. The number of hydrogen-bond donors (Lipinski definition) is 1. The van der Waals surface area contributed by atoms with Crippen molar-refractivity contribution in [2.75, 3.05) is 19.7 Å². The number of ether oxygens (including phenoxy) is 1. The van der Waals surface area contributed by atoms with Gasteiger partial charge in [-0.3, -0.25) is 0 Å². The van der Waals surface area contributed by atoms with E-state index in [1.54, 1.807) is 6.07 Å². The lowest BCUT2D eigenvalue weighted by atomic mass is 10.2. The standard InChI is InChI=1S/C16H25ClFNO/c1-13(2)12-19-9-5-3-4-6-10-20-14-7-8-16(18)15(17)11-14/h7-8,11,13,19H,3-6,9-10,12H2,1-2H3. The molecule has 1 N–H and O–H groups in total. The van der Waals surface area contributed by atoms with Crippen LogP contribution in [-0.4, -0.2) is 19.7 Å². The van der Waals surface area contributed by atoms with Gasteiger partial charge in [0.25, 0.3) is 0 Å². The van der Waals surface area contributed by atoms with Crippen LogP contribution in [0.4, 0.5) is 4.39 Å². The summed E-state index contributed by atoms with van der Waals surface area (Å²) in [5.41, 5.74) is 0. The van der Waals surface area contributed by atoms with E-state index in [2.05, 4.69) is 19.2 Å². The van der Waals surface area contributed by atoms with Gasteiger partial charge in [-0.15, -0.1) is 0 Å². The van der Waals surface area contributed by atoms with E-state index in [4.69, 9.17) is 16.3 Å². The van der Waals surface area contributed by atoms with Gasteiger partial charge >= 0.3 is 0 Å². The minimum absolute atomic E-state index is 0.110.